The maximum absolute atomic E-state index is 12.6. The summed E-state index contributed by atoms with van der Waals surface area (Å²) >= 11 is 1.52. The fourth-order valence-electron chi connectivity index (χ4n) is 3.20. The molecule has 0 radical (unpaired) electrons. The second-order valence-electron chi connectivity index (χ2n) is 6.75. The zero-order valence-corrected chi connectivity index (χ0v) is 16.1. The minimum Gasteiger partial charge on any atom is -0.341 e. The van der Waals surface area contributed by atoms with E-state index in [4.69, 9.17) is 0 Å². The molecule has 0 saturated carbocycles. The molecule has 5 nitrogen and oxygen atoms in total. The summed E-state index contributed by atoms with van der Waals surface area (Å²) in [6.07, 6.45) is 4.80. The van der Waals surface area contributed by atoms with Gasteiger partial charge in [0.25, 0.3) is 0 Å². The third-order valence-electron chi connectivity index (χ3n) is 4.49. The van der Waals surface area contributed by atoms with Crippen molar-refractivity contribution >= 4 is 17.7 Å². The van der Waals surface area contributed by atoms with Crippen LogP contribution in [0.15, 0.2) is 35.7 Å². The Labute approximate surface area is 154 Å². The van der Waals surface area contributed by atoms with Crippen LogP contribution in [-0.2, 0) is 4.79 Å². The van der Waals surface area contributed by atoms with Crippen molar-refractivity contribution in [2.24, 2.45) is 0 Å². The molecule has 2 heterocycles. The van der Waals surface area contributed by atoms with Gasteiger partial charge in [0.1, 0.15) is 0 Å². The second-order valence-corrected chi connectivity index (χ2v) is 7.69. The Morgan fingerprint density at radius 2 is 1.88 bits per heavy atom. The molecular formula is C19H26N4OS. The molecule has 0 unspecified atom stereocenters. The van der Waals surface area contributed by atoms with Crippen molar-refractivity contribution in [1.29, 1.82) is 0 Å². The van der Waals surface area contributed by atoms with Crippen molar-refractivity contribution in [2.45, 2.75) is 25.4 Å². The van der Waals surface area contributed by atoms with Crippen LogP contribution in [0.1, 0.15) is 17.5 Å². The molecule has 0 spiro atoms. The van der Waals surface area contributed by atoms with E-state index in [2.05, 4.69) is 53.5 Å². The van der Waals surface area contributed by atoms with Gasteiger partial charge in [-0.1, -0.05) is 17.8 Å². The average molecular weight is 359 g/mol. The van der Waals surface area contributed by atoms with Crippen LogP contribution in [-0.4, -0.2) is 64.2 Å². The molecule has 0 aliphatic carbocycles. The van der Waals surface area contributed by atoms with E-state index in [1.54, 1.807) is 6.20 Å². The average Bonchev–Trinajstić information content (AvgIpc) is 2.92. The van der Waals surface area contributed by atoms with Gasteiger partial charge in [-0.15, -0.1) is 0 Å². The number of aryl methyl sites for hydroxylation is 2. The van der Waals surface area contributed by atoms with E-state index in [1.807, 2.05) is 11.1 Å². The number of carbonyl (C=O) groups is 1. The van der Waals surface area contributed by atoms with E-state index in [0.717, 1.165) is 43.4 Å². The molecule has 1 saturated heterocycles. The van der Waals surface area contributed by atoms with E-state index in [-0.39, 0.29) is 5.91 Å². The van der Waals surface area contributed by atoms with Gasteiger partial charge in [0.15, 0.2) is 5.16 Å². The van der Waals surface area contributed by atoms with Gasteiger partial charge in [0.2, 0.25) is 5.91 Å². The highest BCUT2D eigenvalue weighted by Crippen LogP contribution is 2.22. The molecule has 2 aromatic rings. The van der Waals surface area contributed by atoms with E-state index in [1.165, 1.54) is 22.9 Å². The van der Waals surface area contributed by atoms with Crippen molar-refractivity contribution in [3.05, 3.63) is 41.7 Å². The first-order valence-electron chi connectivity index (χ1n) is 8.74. The first kappa shape index (κ1) is 18.0. The van der Waals surface area contributed by atoms with Gasteiger partial charge >= 0.3 is 0 Å². The fraction of sp³-hybridized carbons (Fsp3) is 0.474. The number of hydrogen-bond donors (Lipinski definition) is 0. The van der Waals surface area contributed by atoms with Crippen molar-refractivity contribution in [2.75, 3.05) is 39.0 Å². The summed E-state index contributed by atoms with van der Waals surface area (Å²) in [5, 5.41) is 0.866. The van der Waals surface area contributed by atoms with Gasteiger partial charge in [0.05, 0.1) is 5.75 Å². The molecule has 1 aliphatic rings. The van der Waals surface area contributed by atoms with E-state index in [0.29, 0.717) is 5.75 Å². The predicted molar refractivity (Wildman–Crippen MR) is 102 cm³/mol. The number of aromatic nitrogens is 2. The Balaban J connectivity index is 1.66. The molecular weight excluding hydrogens is 332 g/mol. The lowest BCUT2D eigenvalue weighted by Crippen LogP contribution is -2.35. The van der Waals surface area contributed by atoms with Crippen molar-refractivity contribution < 1.29 is 4.79 Å². The molecule has 0 atom stereocenters. The van der Waals surface area contributed by atoms with E-state index < -0.39 is 0 Å². The van der Waals surface area contributed by atoms with Crippen LogP contribution in [0.5, 0.6) is 0 Å². The lowest BCUT2D eigenvalue weighted by molar-refractivity contribution is -0.128. The molecule has 1 aliphatic heterocycles. The summed E-state index contributed by atoms with van der Waals surface area (Å²) in [6.45, 7) is 7.89. The summed E-state index contributed by atoms with van der Waals surface area (Å²) in [6, 6.07) is 6.45. The number of rotatable bonds is 4. The Kier molecular flexibility index (Phi) is 5.81. The van der Waals surface area contributed by atoms with Crippen LogP contribution in [0.4, 0.5) is 0 Å². The van der Waals surface area contributed by atoms with Crippen LogP contribution in [0.3, 0.4) is 0 Å². The van der Waals surface area contributed by atoms with Crippen molar-refractivity contribution in [3.8, 4) is 5.69 Å². The number of thioether (sulfide) groups is 1. The number of likely N-dealkylation sites (N-methyl/N-ethyl adjacent to an activating group) is 1. The van der Waals surface area contributed by atoms with Gasteiger partial charge in [-0.3, -0.25) is 9.36 Å². The van der Waals surface area contributed by atoms with Crippen LogP contribution < -0.4 is 0 Å². The number of hydrogen-bond acceptors (Lipinski definition) is 4. The first-order valence-corrected chi connectivity index (χ1v) is 9.72. The normalized spacial score (nSPS) is 16.0. The van der Waals surface area contributed by atoms with E-state index in [9.17, 15) is 4.79 Å². The van der Waals surface area contributed by atoms with Crippen LogP contribution in [0.2, 0.25) is 0 Å². The van der Waals surface area contributed by atoms with Crippen molar-refractivity contribution in [1.82, 2.24) is 19.4 Å². The van der Waals surface area contributed by atoms with Crippen LogP contribution in [0.25, 0.3) is 5.69 Å². The molecule has 1 aromatic carbocycles. The largest absolute Gasteiger partial charge is 0.341 e. The monoisotopic (exact) mass is 358 g/mol. The van der Waals surface area contributed by atoms with Gasteiger partial charge in [-0.05, 0) is 57.1 Å². The standard InChI is InChI=1S/C19H26N4OS/c1-15-11-16(2)13-17(12-15)23-8-5-20-19(23)25-14-18(24)22-7-4-6-21(3)9-10-22/h5,8,11-13H,4,6-7,9-10,14H2,1-3H3. The topological polar surface area (TPSA) is 41.4 Å². The van der Waals surface area contributed by atoms with Crippen LogP contribution in [0, 0.1) is 13.8 Å². The number of benzene rings is 1. The van der Waals surface area contributed by atoms with Crippen molar-refractivity contribution in [3.63, 3.8) is 0 Å². The second kappa shape index (κ2) is 8.06. The Bertz CT molecular complexity index is 723. The number of nitrogens with zero attached hydrogens (tertiary/aromatic N) is 4. The Hall–Kier alpha value is -1.79. The molecule has 1 fully saturated rings. The molecule has 1 amide bonds. The third kappa shape index (κ3) is 4.64. The summed E-state index contributed by atoms with van der Waals surface area (Å²) in [5.41, 5.74) is 3.55. The van der Waals surface area contributed by atoms with Gasteiger partial charge in [0, 0.05) is 37.7 Å². The highest BCUT2D eigenvalue weighted by Gasteiger charge is 2.18. The van der Waals surface area contributed by atoms with Gasteiger partial charge in [-0.2, -0.15) is 0 Å². The minimum atomic E-state index is 0.204. The molecule has 6 heteroatoms. The molecule has 1 aromatic heterocycles. The lowest BCUT2D eigenvalue weighted by atomic mass is 10.1. The lowest BCUT2D eigenvalue weighted by Gasteiger charge is -2.20. The highest BCUT2D eigenvalue weighted by atomic mass is 32.2. The Morgan fingerprint density at radius 1 is 1.12 bits per heavy atom. The summed E-state index contributed by atoms with van der Waals surface area (Å²) in [7, 11) is 2.11. The smallest absolute Gasteiger partial charge is 0.233 e. The Morgan fingerprint density at radius 3 is 2.64 bits per heavy atom. The molecule has 0 bridgehead atoms. The van der Waals surface area contributed by atoms with Gasteiger partial charge < -0.3 is 9.80 Å². The SMILES string of the molecule is Cc1cc(C)cc(-n2ccnc2SCC(=O)N2CCCN(C)CC2)c1. The zero-order chi connectivity index (χ0) is 17.8. The number of amides is 1. The molecule has 134 valence electrons. The van der Waals surface area contributed by atoms with Crippen LogP contribution >= 0.6 is 11.8 Å². The molecule has 25 heavy (non-hydrogen) atoms. The maximum Gasteiger partial charge on any atom is 0.233 e. The molecule has 3 rings (SSSR count). The number of imidazole rings is 1. The zero-order valence-electron chi connectivity index (χ0n) is 15.2. The number of carbonyl (C=O) groups excluding carboxylic acids is 1. The summed E-state index contributed by atoms with van der Waals surface area (Å²) in [5.74, 6) is 0.640. The van der Waals surface area contributed by atoms with Gasteiger partial charge in [-0.25, -0.2) is 4.98 Å². The summed E-state index contributed by atoms with van der Waals surface area (Å²) in [4.78, 5) is 21.3. The quantitative estimate of drug-likeness (QED) is 0.788. The minimum absolute atomic E-state index is 0.204. The molecule has 0 N–H and O–H groups in total. The predicted octanol–water partition coefficient (Wildman–Crippen LogP) is 2.75. The van der Waals surface area contributed by atoms with E-state index >= 15 is 0 Å². The third-order valence-corrected chi connectivity index (χ3v) is 5.44. The maximum atomic E-state index is 12.6. The highest BCUT2D eigenvalue weighted by molar-refractivity contribution is 7.99. The summed E-state index contributed by atoms with van der Waals surface area (Å²) < 4.78 is 2.06. The first-order chi connectivity index (χ1) is 12.0. The fourth-order valence-corrected chi connectivity index (χ4v) is 4.07.